The first-order valence-corrected chi connectivity index (χ1v) is 7.50. The topological polar surface area (TPSA) is 73.4 Å². The van der Waals surface area contributed by atoms with Crippen molar-refractivity contribution in [3.05, 3.63) is 12.4 Å². The maximum atomic E-state index is 12.4. The molecule has 1 amide bonds. The third kappa shape index (κ3) is 3.87. The quantitative estimate of drug-likeness (QED) is 0.821. The van der Waals surface area contributed by atoms with Crippen molar-refractivity contribution in [1.82, 2.24) is 14.7 Å². The van der Waals surface area contributed by atoms with E-state index in [1.165, 1.54) is 0 Å². The van der Waals surface area contributed by atoms with E-state index in [0.29, 0.717) is 24.9 Å². The summed E-state index contributed by atoms with van der Waals surface area (Å²) in [6.45, 7) is 1.44. The summed E-state index contributed by atoms with van der Waals surface area (Å²) in [6.07, 6.45) is 4.29. The van der Waals surface area contributed by atoms with Crippen molar-refractivity contribution >= 4 is 23.4 Å². The van der Waals surface area contributed by atoms with Crippen LogP contribution in [0.1, 0.15) is 6.42 Å². The Bertz CT molecular complexity index is 418. The molecule has 1 atom stereocenters. The molecule has 1 saturated heterocycles. The molecule has 2 N–H and O–H groups in total. The summed E-state index contributed by atoms with van der Waals surface area (Å²) >= 11 is 1.89. The zero-order valence-electron chi connectivity index (χ0n) is 11.1. The number of nitrogens with two attached hydrogens (primary N) is 1. The third-order valence-corrected chi connectivity index (χ3v) is 4.30. The first kappa shape index (κ1) is 14.2. The summed E-state index contributed by atoms with van der Waals surface area (Å²) in [5, 5.41) is 4.05. The highest BCUT2D eigenvalue weighted by Crippen LogP contribution is 2.22. The van der Waals surface area contributed by atoms with Gasteiger partial charge in [-0.2, -0.15) is 16.9 Å². The van der Waals surface area contributed by atoms with Crippen molar-refractivity contribution in [2.45, 2.75) is 19.0 Å². The van der Waals surface area contributed by atoms with Gasteiger partial charge in [0.2, 0.25) is 5.91 Å². The third-order valence-electron chi connectivity index (χ3n) is 3.15. The van der Waals surface area contributed by atoms with Crippen LogP contribution >= 0.6 is 11.8 Å². The monoisotopic (exact) mass is 284 g/mol. The first-order chi connectivity index (χ1) is 9.20. The van der Waals surface area contributed by atoms with Crippen molar-refractivity contribution in [1.29, 1.82) is 0 Å². The largest absolute Gasteiger partial charge is 0.396 e. The number of ether oxygens (including phenoxy) is 1. The normalized spacial score (nSPS) is 18.7. The van der Waals surface area contributed by atoms with Crippen molar-refractivity contribution in [2.75, 3.05) is 37.5 Å². The second kappa shape index (κ2) is 6.81. The van der Waals surface area contributed by atoms with Gasteiger partial charge < -0.3 is 15.4 Å². The molecule has 0 aliphatic carbocycles. The van der Waals surface area contributed by atoms with Gasteiger partial charge in [0.05, 0.1) is 18.5 Å². The van der Waals surface area contributed by atoms with Gasteiger partial charge in [-0.15, -0.1) is 0 Å². The lowest BCUT2D eigenvalue weighted by Gasteiger charge is -2.28. The van der Waals surface area contributed by atoms with Gasteiger partial charge in [-0.25, -0.2) is 0 Å². The predicted molar refractivity (Wildman–Crippen MR) is 76.0 cm³/mol. The minimum Gasteiger partial charge on any atom is -0.396 e. The molecule has 1 aromatic heterocycles. The van der Waals surface area contributed by atoms with Crippen LogP contribution in [0.5, 0.6) is 0 Å². The Morgan fingerprint density at radius 2 is 2.58 bits per heavy atom. The standard InChI is InChI=1S/C12H20N4O2S/c1-18-4-3-16(11-2-5-19-9-11)12(17)8-15-7-10(13)6-14-15/h6-7,11H,2-5,8-9,13H2,1H3. The van der Waals surface area contributed by atoms with Gasteiger partial charge in [0.15, 0.2) is 0 Å². The van der Waals surface area contributed by atoms with E-state index in [1.807, 2.05) is 16.7 Å². The Morgan fingerprint density at radius 3 is 3.16 bits per heavy atom. The lowest BCUT2D eigenvalue weighted by molar-refractivity contribution is -0.134. The van der Waals surface area contributed by atoms with E-state index in [2.05, 4.69) is 5.10 Å². The number of anilines is 1. The highest BCUT2D eigenvalue weighted by molar-refractivity contribution is 7.99. The summed E-state index contributed by atoms with van der Waals surface area (Å²) in [5.74, 6) is 2.21. The number of carbonyl (C=O) groups excluding carboxylic acids is 1. The summed E-state index contributed by atoms with van der Waals surface area (Å²) in [4.78, 5) is 14.3. The average Bonchev–Trinajstić information content (AvgIpc) is 3.02. The predicted octanol–water partition coefficient (Wildman–Crippen LogP) is 0.446. The van der Waals surface area contributed by atoms with Crippen LogP contribution in [0, 0.1) is 0 Å². The smallest absolute Gasteiger partial charge is 0.244 e. The molecule has 7 heteroatoms. The number of rotatable bonds is 6. The molecule has 0 spiro atoms. The Balaban J connectivity index is 1.97. The molecule has 1 aromatic rings. The number of aromatic nitrogens is 2. The number of thioether (sulfide) groups is 1. The fourth-order valence-electron chi connectivity index (χ4n) is 2.16. The van der Waals surface area contributed by atoms with Crippen molar-refractivity contribution in [3.8, 4) is 0 Å². The molecule has 2 rings (SSSR count). The van der Waals surface area contributed by atoms with Crippen molar-refractivity contribution < 1.29 is 9.53 Å². The number of hydrogen-bond acceptors (Lipinski definition) is 5. The number of carbonyl (C=O) groups is 1. The van der Waals surface area contributed by atoms with Crippen LogP contribution < -0.4 is 5.73 Å². The summed E-state index contributed by atoms with van der Waals surface area (Å²) < 4.78 is 6.68. The van der Waals surface area contributed by atoms with Crippen LogP contribution in [-0.2, 0) is 16.1 Å². The van der Waals surface area contributed by atoms with Gasteiger partial charge in [-0.05, 0) is 12.2 Å². The maximum absolute atomic E-state index is 12.4. The van der Waals surface area contributed by atoms with Crippen molar-refractivity contribution in [2.24, 2.45) is 0 Å². The second-order valence-corrected chi connectivity index (χ2v) is 5.72. The molecular formula is C12H20N4O2S. The van der Waals surface area contributed by atoms with Crippen molar-refractivity contribution in [3.63, 3.8) is 0 Å². The minimum absolute atomic E-state index is 0.0765. The zero-order valence-corrected chi connectivity index (χ0v) is 11.9. The molecule has 0 aromatic carbocycles. The number of amides is 1. The summed E-state index contributed by atoms with van der Waals surface area (Å²) in [5.41, 5.74) is 6.18. The molecule has 0 bridgehead atoms. The Labute approximate surface area is 117 Å². The Kier molecular flexibility index (Phi) is 5.09. The number of hydrogen-bond donors (Lipinski definition) is 1. The fraction of sp³-hybridized carbons (Fsp3) is 0.667. The average molecular weight is 284 g/mol. The number of methoxy groups -OCH3 is 1. The molecular weight excluding hydrogens is 264 g/mol. The number of nitrogen functional groups attached to an aromatic ring is 1. The van der Waals surface area contributed by atoms with Gasteiger partial charge >= 0.3 is 0 Å². The van der Waals surface area contributed by atoms with Crippen LogP contribution in [0.2, 0.25) is 0 Å². The Morgan fingerprint density at radius 1 is 1.74 bits per heavy atom. The van der Waals surface area contributed by atoms with E-state index in [9.17, 15) is 4.79 Å². The maximum Gasteiger partial charge on any atom is 0.244 e. The van der Waals surface area contributed by atoms with Gasteiger partial charge in [0.25, 0.3) is 0 Å². The molecule has 1 fully saturated rings. The van der Waals surface area contributed by atoms with E-state index >= 15 is 0 Å². The molecule has 1 aliphatic rings. The first-order valence-electron chi connectivity index (χ1n) is 6.35. The molecule has 0 radical (unpaired) electrons. The molecule has 6 nitrogen and oxygen atoms in total. The van der Waals surface area contributed by atoms with E-state index < -0.39 is 0 Å². The van der Waals surface area contributed by atoms with Gasteiger partial charge in [-0.3, -0.25) is 9.48 Å². The van der Waals surface area contributed by atoms with E-state index in [1.54, 1.807) is 24.2 Å². The van der Waals surface area contributed by atoms with E-state index in [4.69, 9.17) is 10.5 Å². The fourth-order valence-corrected chi connectivity index (χ4v) is 3.39. The molecule has 1 aliphatic heterocycles. The second-order valence-electron chi connectivity index (χ2n) is 4.57. The zero-order chi connectivity index (χ0) is 13.7. The molecule has 106 valence electrons. The lowest BCUT2D eigenvalue weighted by atomic mass is 10.2. The van der Waals surface area contributed by atoms with Crippen LogP contribution in [0.3, 0.4) is 0 Å². The van der Waals surface area contributed by atoms with E-state index in [0.717, 1.165) is 17.9 Å². The number of nitrogens with zero attached hydrogens (tertiary/aromatic N) is 3. The molecule has 19 heavy (non-hydrogen) atoms. The van der Waals surface area contributed by atoms with E-state index in [-0.39, 0.29) is 12.5 Å². The highest BCUT2D eigenvalue weighted by Gasteiger charge is 2.26. The minimum atomic E-state index is 0.0765. The van der Waals surface area contributed by atoms with Gasteiger partial charge in [-0.1, -0.05) is 0 Å². The van der Waals surface area contributed by atoms with Crippen LogP contribution in [0.4, 0.5) is 5.69 Å². The highest BCUT2D eigenvalue weighted by atomic mass is 32.2. The molecule has 2 heterocycles. The van der Waals surface area contributed by atoms with Crippen LogP contribution in [0.25, 0.3) is 0 Å². The lowest BCUT2D eigenvalue weighted by Crippen LogP contribution is -2.44. The Hall–Kier alpha value is -1.21. The van der Waals surface area contributed by atoms with Crippen LogP contribution in [-0.4, -0.2) is 58.4 Å². The van der Waals surface area contributed by atoms with Gasteiger partial charge in [0.1, 0.15) is 6.54 Å². The summed E-state index contributed by atoms with van der Waals surface area (Å²) in [7, 11) is 1.65. The van der Waals surface area contributed by atoms with Crippen LogP contribution in [0.15, 0.2) is 12.4 Å². The SMILES string of the molecule is COCCN(C(=O)Cn1cc(N)cn1)C1CCSC1. The van der Waals surface area contributed by atoms with Gasteiger partial charge in [0, 0.05) is 31.6 Å². The summed E-state index contributed by atoms with van der Waals surface area (Å²) in [6, 6.07) is 0.320. The molecule has 1 unspecified atom stereocenters. The molecule has 0 saturated carbocycles.